The lowest BCUT2D eigenvalue weighted by Crippen LogP contribution is -2.28. The first-order valence-electron chi connectivity index (χ1n) is 6.21. The summed E-state index contributed by atoms with van der Waals surface area (Å²) < 4.78 is 0. The Labute approximate surface area is 94.4 Å². The average molecular weight is 211 g/mol. The highest BCUT2D eigenvalue weighted by molar-refractivity contribution is 5.87. The van der Waals surface area contributed by atoms with E-state index in [-0.39, 0.29) is 5.91 Å². The van der Waals surface area contributed by atoms with E-state index in [1.807, 2.05) is 24.8 Å². The van der Waals surface area contributed by atoms with Crippen molar-refractivity contribution < 1.29 is 4.79 Å². The smallest absolute Gasteiger partial charge is 0.246 e. The average Bonchev–Trinajstić information content (AvgIpc) is 2.25. The third-order valence-corrected chi connectivity index (χ3v) is 2.56. The highest BCUT2D eigenvalue weighted by atomic mass is 16.2. The van der Waals surface area contributed by atoms with Gasteiger partial charge in [0.15, 0.2) is 0 Å². The number of unbranched alkanes of at least 4 members (excludes halogenated alkanes) is 4. The predicted octanol–water partition coefficient (Wildman–Crippen LogP) is 3.38. The molecular weight excluding hydrogens is 186 g/mol. The fourth-order valence-corrected chi connectivity index (χ4v) is 1.51. The molecule has 0 aromatic carbocycles. The Morgan fingerprint density at radius 1 is 1.07 bits per heavy atom. The van der Waals surface area contributed by atoms with Crippen LogP contribution < -0.4 is 0 Å². The minimum atomic E-state index is 0.149. The van der Waals surface area contributed by atoms with E-state index in [2.05, 4.69) is 6.92 Å². The van der Waals surface area contributed by atoms with E-state index in [0.717, 1.165) is 19.5 Å². The van der Waals surface area contributed by atoms with Gasteiger partial charge in [0.05, 0.1) is 0 Å². The molecule has 0 unspecified atom stereocenters. The summed E-state index contributed by atoms with van der Waals surface area (Å²) in [5, 5.41) is 0. The van der Waals surface area contributed by atoms with E-state index in [1.54, 1.807) is 6.08 Å². The van der Waals surface area contributed by atoms with E-state index in [0.29, 0.717) is 0 Å². The molecule has 0 fully saturated rings. The summed E-state index contributed by atoms with van der Waals surface area (Å²) in [6.45, 7) is 7.83. The number of nitrogens with zero attached hydrogens (tertiary/aromatic N) is 1. The van der Waals surface area contributed by atoms with Gasteiger partial charge in [0, 0.05) is 13.1 Å². The SMILES string of the molecule is CCCCCC/C=C\C(=O)N(CC)CC. The van der Waals surface area contributed by atoms with Crippen molar-refractivity contribution in [3.63, 3.8) is 0 Å². The van der Waals surface area contributed by atoms with Crippen LogP contribution >= 0.6 is 0 Å². The molecule has 0 aliphatic carbocycles. The number of hydrogen-bond donors (Lipinski definition) is 0. The molecule has 0 heterocycles. The lowest BCUT2D eigenvalue weighted by molar-refractivity contribution is -0.125. The van der Waals surface area contributed by atoms with Crippen LogP contribution in [0.25, 0.3) is 0 Å². The molecule has 0 saturated carbocycles. The predicted molar refractivity (Wildman–Crippen MR) is 65.8 cm³/mol. The topological polar surface area (TPSA) is 20.3 Å². The number of likely N-dealkylation sites (N-methyl/N-ethyl adjacent to an activating group) is 1. The van der Waals surface area contributed by atoms with E-state index in [4.69, 9.17) is 0 Å². The van der Waals surface area contributed by atoms with Crippen LogP contribution in [0.3, 0.4) is 0 Å². The molecule has 0 aromatic rings. The Balaban J connectivity index is 3.62. The summed E-state index contributed by atoms with van der Waals surface area (Å²) in [6, 6.07) is 0. The molecule has 0 saturated heterocycles. The maximum Gasteiger partial charge on any atom is 0.246 e. The zero-order valence-corrected chi connectivity index (χ0v) is 10.5. The monoisotopic (exact) mass is 211 g/mol. The molecule has 1 amide bonds. The summed E-state index contributed by atoms with van der Waals surface area (Å²) in [6.07, 6.45) is 9.82. The summed E-state index contributed by atoms with van der Waals surface area (Å²) in [5.41, 5.74) is 0. The minimum absolute atomic E-state index is 0.149. The van der Waals surface area contributed by atoms with Gasteiger partial charge in [0.1, 0.15) is 0 Å². The fourth-order valence-electron chi connectivity index (χ4n) is 1.51. The van der Waals surface area contributed by atoms with Crippen LogP contribution in [0.2, 0.25) is 0 Å². The second kappa shape index (κ2) is 9.75. The summed E-state index contributed by atoms with van der Waals surface area (Å²) >= 11 is 0. The lowest BCUT2D eigenvalue weighted by Gasteiger charge is -2.15. The third kappa shape index (κ3) is 7.18. The molecule has 0 rings (SSSR count). The number of amides is 1. The van der Waals surface area contributed by atoms with E-state index in [1.165, 1.54) is 25.7 Å². The zero-order chi connectivity index (χ0) is 11.5. The van der Waals surface area contributed by atoms with Crippen LogP contribution in [0.15, 0.2) is 12.2 Å². The lowest BCUT2D eigenvalue weighted by atomic mass is 10.1. The molecule has 2 nitrogen and oxygen atoms in total. The van der Waals surface area contributed by atoms with Crippen molar-refractivity contribution in [1.29, 1.82) is 0 Å². The van der Waals surface area contributed by atoms with Crippen molar-refractivity contribution in [3.05, 3.63) is 12.2 Å². The number of rotatable bonds is 8. The van der Waals surface area contributed by atoms with Crippen molar-refractivity contribution in [2.75, 3.05) is 13.1 Å². The number of hydrogen-bond acceptors (Lipinski definition) is 1. The van der Waals surface area contributed by atoms with Crippen molar-refractivity contribution >= 4 is 5.91 Å². The van der Waals surface area contributed by atoms with E-state index in [9.17, 15) is 4.79 Å². The number of carbonyl (C=O) groups excluding carboxylic acids is 1. The van der Waals surface area contributed by atoms with Gasteiger partial charge >= 0.3 is 0 Å². The van der Waals surface area contributed by atoms with Crippen LogP contribution in [0.4, 0.5) is 0 Å². The Bertz CT molecular complexity index is 183. The van der Waals surface area contributed by atoms with Crippen LogP contribution in [-0.2, 0) is 4.79 Å². The third-order valence-electron chi connectivity index (χ3n) is 2.56. The summed E-state index contributed by atoms with van der Waals surface area (Å²) in [7, 11) is 0. The molecule has 2 heteroatoms. The first-order chi connectivity index (χ1) is 7.26. The minimum Gasteiger partial charge on any atom is -0.340 e. The molecule has 0 radical (unpaired) electrons. The molecule has 0 N–H and O–H groups in total. The molecule has 15 heavy (non-hydrogen) atoms. The van der Waals surface area contributed by atoms with Gasteiger partial charge in [0.25, 0.3) is 0 Å². The second-order valence-electron chi connectivity index (χ2n) is 3.76. The van der Waals surface area contributed by atoms with Gasteiger partial charge in [-0.1, -0.05) is 32.3 Å². The van der Waals surface area contributed by atoms with Crippen molar-refractivity contribution in [1.82, 2.24) is 4.90 Å². The van der Waals surface area contributed by atoms with Gasteiger partial charge in [-0.15, -0.1) is 0 Å². The Morgan fingerprint density at radius 2 is 1.73 bits per heavy atom. The maximum atomic E-state index is 11.5. The molecule has 0 aromatic heterocycles. The summed E-state index contributed by atoms with van der Waals surface area (Å²) in [4.78, 5) is 13.4. The summed E-state index contributed by atoms with van der Waals surface area (Å²) in [5.74, 6) is 0.149. The van der Waals surface area contributed by atoms with Gasteiger partial charge in [-0.2, -0.15) is 0 Å². The van der Waals surface area contributed by atoms with Crippen LogP contribution in [-0.4, -0.2) is 23.9 Å². The molecular formula is C13H25NO. The van der Waals surface area contributed by atoms with Crippen LogP contribution in [0.5, 0.6) is 0 Å². The van der Waals surface area contributed by atoms with Gasteiger partial charge < -0.3 is 4.90 Å². The van der Waals surface area contributed by atoms with Crippen molar-refractivity contribution in [2.45, 2.75) is 52.9 Å². The quantitative estimate of drug-likeness (QED) is 0.445. The van der Waals surface area contributed by atoms with Gasteiger partial charge in [-0.05, 0) is 32.8 Å². The number of carbonyl (C=O) groups is 1. The number of allylic oxidation sites excluding steroid dienone is 1. The molecule has 0 aliphatic heterocycles. The molecule has 0 atom stereocenters. The zero-order valence-electron chi connectivity index (χ0n) is 10.5. The first-order valence-corrected chi connectivity index (χ1v) is 6.21. The van der Waals surface area contributed by atoms with Crippen molar-refractivity contribution in [2.24, 2.45) is 0 Å². The molecule has 0 bridgehead atoms. The van der Waals surface area contributed by atoms with Crippen LogP contribution in [0.1, 0.15) is 52.9 Å². The Hall–Kier alpha value is -0.790. The van der Waals surface area contributed by atoms with Crippen LogP contribution in [0, 0.1) is 0 Å². The molecule has 88 valence electrons. The largest absolute Gasteiger partial charge is 0.340 e. The molecule has 0 aliphatic rings. The highest BCUT2D eigenvalue weighted by Gasteiger charge is 2.03. The normalized spacial score (nSPS) is 10.9. The molecule has 0 spiro atoms. The van der Waals surface area contributed by atoms with Gasteiger partial charge in [-0.25, -0.2) is 0 Å². The van der Waals surface area contributed by atoms with Gasteiger partial charge in [-0.3, -0.25) is 4.79 Å². The fraction of sp³-hybridized carbons (Fsp3) is 0.769. The highest BCUT2D eigenvalue weighted by Crippen LogP contribution is 2.03. The first kappa shape index (κ1) is 14.2. The van der Waals surface area contributed by atoms with Gasteiger partial charge in [0.2, 0.25) is 5.91 Å². The standard InChI is InChI=1S/C13H25NO/c1-4-7-8-9-10-11-12-13(15)14(5-2)6-3/h11-12H,4-10H2,1-3H3/b12-11-. The van der Waals surface area contributed by atoms with E-state index >= 15 is 0 Å². The Morgan fingerprint density at radius 3 is 2.27 bits per heavy atom. The van der Waals surface area contributed by atoms with Crippen molar-refractivity contribution in [3.8, 4) is 0 Å². The Kier molecular flexibility index (Phi) is 9.24. The maximum absolute atomic E-state index is 11.5. The van der Waals surface area contributed by atoms with E-state index < -0.39 is 0 Å². The second-order valence-corrected chi connectivity index (χ2v) is 3.76.